The third kappa shape index (κ3) is 4.35. The molecule has 5 nitrogen and oxygen atoms in total. The van der Waals surface area contributed by atoms with Gasteiger partial charge in [0, 0.05) is 19.6 Å². The van der Waals surface area contributed by atoms with Gasteiger partial charge >= 0.3 is 0 Å². The molecule has 0 bridgehead atoms. The summed E-state index contributed by atoms with van der Waals surface area (Å²) in [7, 11) is 1.66. The van der Waals surface area contributed by atoms with Gasteiger partial charge in [0.15, 0.2) is 0 Å². The Hall–Kier alpha value is -1.36. The Morgan fingerprint density at radius 1 is 1.21 bits per heavy atom. The van der Waals surface area contributed by atoms with Gasteiger partial charge in [-0.1, -0.05) is 13.8 Å². The number of nitrogens with zero attached hydrogens (tertiary/aromatic N) is 2. The molecule has 1 aromatic rings. The van der Waals surface area contributed by atoms with Crippen LogP contribution in [0.1, 0.15) is 45.0 Å². The van der Waals surface area contributed by atoms with Gasteiger partial charge in [0.25, 0.3) is 0 Å². The number of aromatic nitrogens is 2. The molecule has 1 atom stereocenters. The number of ether oxygens (including phenoxy) is 2. The molecule has 5 heteroatoms. The van der Waals surface area contributed by atoms with E-state index in [4.69, 9.17) is 9.47 Å². The van der Waals surface area contributed by atoms with Gasteiger partial charge in [-0.3, -0.25) is 0 Å². The quantitative estimate of drug-likeness (QED) is 0.823. The molecule has 1 heterocycles. The highest BCUT2D eigenvalue weighted by atomic mass is 16.5. The Balaban J connectivity index is 3.06. The van der Waals surface area contributed by atoms with Crippen LogP contribution in [0.3, 0.4) is 0 Å². The topological polar surface area (TPSA) is 56.3 Å². The minimum atomic E-state index is -0.0342. The zero-order valence-corrected chi connectivity index (χ0v) is 12.8. The lowest BCUT2D eigenvalue weighted by Gasteiger charge is -2.18. The van der Waals surface area contributed by atoms with Crippen molar-refractivity contribution in [2.75, 3.05) is 25.6 Å². The van der Waals surface area contributed by atoms with Crippen LogP contribution in [0.5, 0.6) is 5.88 Å². The summed E-state index contributed by atoms with van der Waals surface area (Å²) in [5, 5.41) is 3.25. The number of nitrogens with one attached hydrogen (secondary N) is 1. The van der Waals surface area contributed by atoms with E-state index in [-0.39, 0.29) is 12.0 Å². The van der Waals surface area contributed by atoms with Crippen molar-refractivity contribution in [3.63, 3.8) is 0 Å². The van der Waals surface area contributed by atoms with E-state index in [2.05, 4.69) is 29.1 Å². The first-order valence-corrected chi connectivity index (χ1v) is 6.77. The van der Waals surface area contributed by atoms with E-state index in [9.17, 15) is 0 Å². The molecule has 0 aromatic carbocycles. The molecule has 1 N–H and O–H groups in total. The molecular weight excluding hydrogens is 242 g/mol. The Labute approximate surface area is 115 Å². The fraction of sp³-hybridized carbons (Fsp3) is 0.714. The second-order valence-electron chi connectivity index (χ2n) is 4.93. The monoisotopic (exact) mass is 267 g/mol. The van der Waals surface area contributed by atoms with Gasteiger partial charge in [-0.05, 0) is 20.8 Å². The highest BCUT2D eigenvalue weighted by molar-refractivity contribution is 5.48. The summed E-state index contributed by atoms with van der Waals surface area (Å²) in [4.78, 5) is 9.05. The molecule has 108 valence electrons. The number of hydrogen-bond acceptors (Lipinski definition) is 5. The average Bonchev–Trinajstić information content (AvgIpc) is 2.34. The van der Waals surface area contributed by atoms with Gasteiger partial charge < -0.3 is 14.8 Å². The summed E-state index contributed by atoms with van der Waals surface area (Å²) in [5.41, 5.74) is 0.939. The van der Waals surface area contributed by atoms with Crippen molar-refractivity contribution in [3.8, 4) is 5.88 Å². The molecule has 0 aliphatic carbocycles. The van der Waals surface area contributed by atoms with Crippen LogP contribution in [-0.4, -0.2) is 36.3 Å². The predicted octanol–water partition coefficient (Wildman–Crippen LogP) is 2.75. The van der Waals surface area contributed by atoms with Crippen LogP contribution < -0.4 is 10.1 Å². The molecular formula is C14H25N3O2. The summed E-state index contributed by atoms with van der Waals surface area (Å²) in [6.45, 7) is 11.5. The van der Waals surface area contributed by atoms with Gasteiger partial charge in [-0.25, -0.2) is 4.98 Å². The number of rotatable bonds is 7. The first-order valence-electron chi connectivity index (χ1n) is 6.77. The van der Waals surface area contributed by atoms with E-state index < -0.39 is 0 Å². The Kier molecular flexibility index (Phi) is 6.02. The third-order valence-corrected chi connectivity index (χ3v) is 2.69. The first kappa shape index (κ1) is 15.7. The van der Waals surface area contributed by atoms with E-state index in [1.165, 1.54) is 0 Å². The van der Waals surface area contributed by atoms with Crippen molar-refractivity contribution >= 4 is 5.82 Å². The molecule has 0 aliphatic rings. The van der Waals surface area contributed by atoms with E-state index >= 15 is 0 Å². The standard InChI is InChI=1S/C14H25N3O2/c1-7-15-13-11(5)14(19-10(4)8-18-6)17-12(16-13)9(2)3/h9-10H,7-8H2,1-6H3,(H,15,16,17). The predicted molar refractivity (Wildman–Crippen MR) is 77.0 cm³/mol. The molecule has 0 saturated heterocycles. The van der Waals surface area contributed by atoms with Crippen LogP contribution in [-0.2, 0) is 4.74 Å². The molecule has 0 spiro atoms. The lowest BCUT2D eigenvalue weighted by atomic mass is 10.2. The minimum absolute atomic E-state index is 0.0342. The van der Waals surface area contributed by atoms with Crippen molar-refractivity contribution in [1.29, 1.82) is 0 Å². The van der Waals surface area contributed by atoms with Gasteiger partial charge in [-0.2, -0.15) is 4.98 Å². The highest BCUT2D eigenvalue weighted by Crippen LogP contribution is 2.25. The van der Waals surface area contributed by atoms with Crippen molar-refractivity contribution in [1.82, 2.24) is 9.97 Å². The maximum absolute atomic E-state index is 5.85. The van der Waals surface area contributed by atoms with Gasteiger partial charge in [-0.15, -0.1) is 0 Å². The summed E-state index contributed by atoms with van der Waals surface area (Å²) in [6.07, 6.45) is -0.0342. The summed E-state index contributed by atoms with van der Waals surface area (Å²) in [6, 6.07) is 0. The fourth-order valence-electron chi connectivity index (χ4n) is 1.68. The van der Waals surface area contributed by atoms with E-state index in [1.807, 2.05) is 20.8 Å². The highest BCUT2D eigenvalue weighted by Gasteiger charge is 2.15. The Bertz CT molecular complexity index is 408. The van der Waals surface area contributed by atoms with Crippen LogP contribution in [0.25, 0.3) is 0 Å². The van der Waals surface area contributed by atoms with Crippen LogP contribution >= 0.6 is 0 Å². The lowest BCUT2D eigenvalue weighted by Crippen LogP contribution is -2.20. The second kappa shape index (κ2) is 7.28. The fourth-order valence-corrected chi connectivity index (χ4v) is 1.68. The molecule has 0 saturated carbocycles. The van der Waals surface area contributed by atoms with Gasteiger partial charge in [0.2, 0.25) is 5.88 Å². The Morgan fingerprint density at radius 3 is 2.42 bits per heavy atom. The SMILES string of the molecule is CCNc1nc(C(C)C)nc(OC(C)COC)c1C. The Morgan fingerprint density at radius 2 is 1.89 bits per heavy atom. The molecule has 1 rings (SSSR count). The molecule has 0 fully saturated rings. The lowest BCUT2D eigenvalue weighted by molar-refractivity contribution is 0.0882. The largest absolute Gasteiger partial charge is 0.472 e. The number of methoxy groups -OCH3 is 1. The summed E-state index contributed by atoms with van der Waals surface area (Å²) in [5.74, 6) is 2.54. The molecule has 0 aliphatic heterocycles. The smallest absolute Gasteiger partial charge is 0.222 e. The van der Waals surface area contributed by atoms with Crippen molar-refractivity contribution < 1.29 is 9.47 Å². The number of hydrogen-bond donors (Lipinski definition) is 1. The normalized spacial score (nSPS) is 12.6. The maximum atomic E-state index is 5.85. The zero-order chi connectivity index (χ0) is 14.4. The van der Waals surface area contributed by atoms with Gasteiger partial charge in [0.1, 0.15) is 17.7 Å². The summed E-state index contributed by atoms with van der Waals surface area (Å²) < 4.78 is 10.9. The number of anilines is 1. The third-order valence-electron chi connectivity index (χ3n) is 2.69. The van der Waals surface area contributed by atoms with Crippen molar-refractivity contribution in [2.45, 2.75) is 46.6 Å². The second-order valence-corrected chi connectivity index (χ2v) is 4.93. The van der Waals surface area contributed by atoms with Gasteiger partial charge in [0.05, 0.1) is 12.2 Å². The average molecular weight is 267 g/mol. The maximum Gasteiger partial charge on any atom is 0.222 e. The molecule has 1 unspecified atom stereocenters. The van der Waals surface area contributed by atoms with Crippen LogP contribution in [0, 0.1) is 6.92 Å². The summed E-state index contributed by atoms with van der Waals surface area (Å²) >= 11 is 0. The van der Waals surface area contributed by atoms with E-state index in [0.717, 1.165) is 23.8 Å². The van der Waals surface area contributed by atoms with Crippen LogP contribution in [0.15, 0.2) is 0 Å². The van der Waals surface area contributed by atoms with Crippen LogP contribution in [0.4, 0.5) is 5.82 Å². The van der Waals surface area contributed by atoms with Crippen LogP contribution in [0.2, 0.25) is 0 Å². The molecule has 19 heavy (non-hydrogen) atoms. The molecule has 0 amide bonds. The van der Waals surface area contributed by atoms with E-state index in [0.29, 0.717) is 12.5 Å². The zero-order valence-electron chi connectivity index (χ0n) is 12.8. The molecule has 1 aromatic heterocycles. The first-order chi connectivity index (χ1) is 8.99. The molecule has 0 radical (unpaired) electrons. The minimum Gasteiger partial charge on any atom is -0.472 e. The van der Waals surface area contributed by atoms with Crippen molar-refractivity contribution in [3.05, 3.63) is 11.4 Å². The van der Waals surface area contributed by atoms with Crippen molar-refractivity contribution in [2.24, 2.45) is 0 Å². The van der Waals surface area contributed by atoms with E-state index in [1.54, 1.807) is 7.11 Å².